The Morgan fingerprint density at radius 2 is 1.87 bits per heavy atom. The van der Waals surface area contributed by atoms with Crippen molar-refractivity contribution in [3.63, 3.8) is 0 Å². The third-order valence-corrected chi connectivity index (χ3v) is 4.13. The van der Waals surface area contributed by atoms with Gasteiger partial charge in [0.25, 0.3) is 5.91 Å². The number of nitrogens with one attached hydrogen (secondary N) is 1. The van der Waals surface area contributed by atoms with Gasteiger partial charge < -0.3 is 10.4 Å². The number of aliphatic carboxylic acids is 1. The van der Waals surface area contributed by atoms with Gasteiger partial charge in [0.15, 0.2) is 9.84 Å². The van der Waals surface area contributed by atoms with Crippen LogP contribution in [0.15, 0.2) is 23.1 Å². The van der Waals surface area contributed by atoms with Gasteiger partial charge in [0.2, 0.25) is 0 Å². The van der Waals surface area contributed by atoms with Crippen LogP contribution in [-0.2, 0) is 14.6 Å². The molecule has 0 spiro atoms. The number of carboxylic acids is 1. The fourth-order valence-corrected chi connectivity index (χ4v) is 2.81. The van der Waals surface area contributed by atoms with Crippen molar-refractivity contribution < 1.29 is 36.3 Å². The fourth-order valence-electron chi connectivity index (χ4n) is 1.81. The molecule has 1 aromatic carbocycles. The molecule has 0 fully saturated rings. The van der Waals surface area contributed by atoms with Gasteiger partial charge in [0.1, 0.15) is 6.04 Å². The third-order valence-electron chi connectivity index (χ3n) is 2.89. The summed E-state index contributed by atoms with van der Waals surface area (Å²) in [5, 5.41) is 10.5. The molecule has 10 heteroatoms. The first-order chi connectivity index (χ1) is 10.3. The van der Waals surface area contributed by atoms with Crippen molar-refractivity contribution in [1.82, 2.24) is 5.32 Å². The topological polar surface area (TPSA) is 101 Å². The summed E-state index contributed by atoms with van der Waals surface area (Å²) in [6, 6.07) is 1.34. The van der Waals surface area contributed by atoms with E-state index in [2.05, 4.69) is 0 Å². The minimum atomic E-state index is -4.78. The molecule has 128 valence electrons. The van der Waals surface area contributed by atoms with E-state index in [-0.39, 0.29) is 10.5 Å². The van der Waals surface area contributed by atoms with Crippen molar-refractivity contribution in [2.45, 2.75) is 30.5 Å². The molecule has 0 saturated carbocycles. The molecule has 0 saturated heterocycles. The standard InChI is InChI=1S/C13H14F3NO5S/c1-7-3-4-8(5-10(7)23(2,21)22)11(18)17-9(12(19)20)6-13(14,15)16/h3-5,9H,6H2,1-2H3,(H,17,18)(H,19,20). The molecule has 0 aliphatic heterocycles. The Balaban J connectivity index is 3.08. The molecule has 0 aromatic heterocycles. The maximum Gasteiger partial charge on any atom is 0.391 e. The SMILES string of the molecule is Cc1ccc(C(=O)NC(CC(F)(F)F)C(=O)O)cc1S(C)(=O)=O. The van der Waals surface area contributed by atoms with E-state index in [4.69, 9.17) is 5.11 Å². The molecule has 0 aliphatic carbocycles. The van der Waals surface area contributed by atoms with Gasteiger partial charge in [-0.1, -0.05) is 6.07 Å². The summed E-state index contributed by atoms with van der Waals surface area (Å²) in [7, 11) is -3.64. The molecule has 1 atom stereocenters. The van der Waals surface area contributed by atoms with E-state index in [9.17, 15) is 31.2 Å². The van der Waals surface area contributed by atoms with Crippen molar-refractivity contribution in [2.75, 3.05) is 6.26 Å². The zero-order valence-corrected chi connectivity index (χ0v) is 13.0. The van der Waals surface area contributed by atoms with Gasteiger partial charge in [-0.3, -0.25) is 4.79 Å². The van der Waals surface area contributed by atoms with Crippen LogP contribution in [-0.4, -0.2) is 43.9 Å². The Bertz CT molecular complexity index is 728. The summed E-state index contributed by atoms with van der Waals surface area (Å²) in [4.78, 5) is 22.6. The highest BCUT2D eigenvalue weighted by Gasteiger charge is 2.36. The lowest BCUT2D eigenvalue weighted by atomic mass is 10.1. The highest BCUT2D eigenvalue weighted by atomic mass is 32.2. The second kappa shape index (κ2) is 6.57. The Hall–Kier alpha value is -2.10. The van der Waals surface area contributed by atoms with Crippen LogP contribution in [0.1, 0.15) is 22.3 Å². The zero-order valence-electron chi connectivity index (χ0n) is 12.1. The van der Waals surface area contributed by atoms with E-state index < -0.39 is 40.4 Å². The van der Waals surface area contributed by atoms with Crippen molar-refractivity contribution >= 4 is 21.7 Å². The lowest BCUT2D eigenvalue weighted by Gasteiger charge is -2.16. The number of alkyl halides is 3. The monoisotopic (exact) mass is 353 g/mol. The maximum absolute atomic E-state index is 12.3. The van der Waals surface area contributed by atoms with Crippen LogP contribution in [0.2, 0.25) is 0 Å². The molecule has 0 radical (unpaired) electrons. The number of hydrogen-bond donors (Lipinski definition) is 2. The van der Waals surface area contributed by atoms with Crippen LogP contribution >= 0.6 is 0 Å². The number of sulfone groups is 1. The van der Waals surface area contributed by atoms with Gasteiger partial charge in [-0.25, -0.2) is 13.2 Å². The number of aryl methyl sites for hydroxylation is 1. The smallest absolute Gasteiger partial charge is 0.391 e. The van der Waals surface area contributed by atoms with Gasteiger partial charge in [0.05, 0.1) is 11.3 Å². The van der Waals surface area contributed by atoms with Crippen LogP contribution in [0.4, 0.5) is 13.2 Å². The molecule has 1 rings (SSSR count). The van der Waals surface area contributed by atoms with Crippen LogP contribution in [0.5, 0.6) is 0 Å². The van der Waals surface area contributed by atoms with Gasteiger partial charge in [-0.05, 0) is 24.6 Å². The lowest BCUT2D eigenvalue weighted by Crippen LogP contribution is -2.43. The van der Waals surface area contributed by atoms with Crippen LogP contribution < -0.4 is 5.32 Å². The van der Waals surface area contributed by atoms with E-state index in [0.717, 1.165) is 12.3 Å². The summed E-state index contributed by atoms with van der Waals surface area (Å²) in [6.45, 7) is 1.49. The van der Waals surface area contributed by atoms with E-state index in [1.807, 2.05) is 0 Å². The molecule has 0 aliphatic rings. The van der Waals surface area contributed by atoms with Crippen LogP contribution in [0, 0.1) is 6.92 Å². The fraction of sp³-hybridized carbons (Fsp3) is 0.385. The van der Waals surface area contributed by atoms with Crippen molar-refractivity contribution in [2.24, 2.45) is 0 Å². The summed E-state index contributed by atoms with van der Waals surface area (Å²) in [6.07, 6.45) is -5.60. The molecule has 6 nitrogen and oxygen atoms in total. The number of benzene rings is 1. The Morgan fingerprint density at radius 3 is 2.30 bits per heavy atom. The van der Waals surface area contributed by atoms with E-state index in [1.54, 1.807) is 5.32 Å². The average Bonchev–Trinajstić information content (AvgIpc) is 2.35. The largest absolute Gasteiger partial charge is 0.480 e. The first kappa shape index (κ1) is 18.9. The molecule has 1 amide bonds. The summed E-state index contributed by atoms with van der Waals surface area (Å²) in [5.41, 5.74) is 0.110. The van der Waals surface area contributed by atoms with Gasteiger partial charge in [-0.15, -0.1) is 0 Å². The second-order valence-electron chi connectivity index (χ2n) is 4.94. The number of hydrogen-bond acceptors (Lipinski definition) is 4. The molecule has 0 bridgehead atoms. The summed E-state index contributed by atoms with van der Waals surface area (Å²) < 4.78 is 60.0. The number of rotatable bonds is 5. The third kappa shape index (κ3) is 5.55. The zero-order chi connectivity index (χ0) is 18.0. The van der Waals surface area contributed by atoms with Crippen molar-refractivity contribution in [1.29, 1.82) is 0 Å². The Kier molecular flexibility index (Phi) is 5.41. The molecule has 0 heterocycles. The van der Waals surface area contributed by atoms with Crippen LogP contribution in [0.3, 0.4) is 0 Å². The number of carboxylic acid groups (broad SMARTS) is 1. The first-order valence-electron chi connectivity index (χ1n) is 6.22. The van der Waals surface area contributed by atoms with Crippen LogP contribution in [0.25, 0.3) is 0 Å². The van der Waals surface area contributed by atoms with E-state index in [1.165, 1.54) is 19.1 Å². The molecule has 1 aromatic rings. The Labute approximate surface area is 130 Å². The number of carbonyl (C=O) groups excluding carboxylic acids is 1. The molecule has 23 heavy (non-hydrogen) atoms. The first-order valence-corrected chi connectivity index (χ1v) is 8.11. The quantitative estimate of drug-likeness (QED) is 0.836. The van der Waals surface area contributed by atoms with Crippen molar-refractivity contribution in [3.8, 4) is 0 Å². The molecule has 1 unspecified atom stereocenters. The Morgan fingerprint density at radius 1 is 1.30 bits per heavy atom. The van der Waals surface area contributed by atoms with Crippen molar-refractivity contribution in [3.05, 3.63) is 29.3 Å². The number of carbonyl (C=O) groups is 2. The maximum atomic E-state index is 12.3. The highest BCUT2D eigenvalue weighted by molar-refractivity contribution is 7.90. The molecular formula is C13H14F3NO5S. The van der Waals surface area contributed by atoms with E-state index >= 15 is 0 Å². The molecular weight excluding hydrogens is 339 g/mol. The van der Waals surface area contributed by atoms with Gasteiger partial charge in [-0.2, -0.15) is 13.2 Å². The average molecular weight is 353 g/mol. The van der Waals surface area contributed by atoms with Gasteiger partial charge in [0, 0.05) is 11.8 Å². The van der Waals surface area contributed by atoms with E-state index in [0.29, 0.717) is 5.56 Å². The van der Waals surface area contributed by atoms with Gasteiger partial charge >= 0.3 is 12.1 Å². The normalized spacial score (nSPS) is 13.4. The molecule has 2 N–H and O–H groups in total. The summed E-state index contributed by atoms with van der Waals surface area (Å²) >= 11 is 0. The number of halogens is 3. The number of amides is 1. The minimum Gasteiger partial charge on any atom is -0.480 e. The summed E-state index contributed by atoms with van der Waals surface area (Å²) in [5.74, 6) is -2.95. The predicted molar refractivity (Wildman–Crippen MR) is 73.9 cm³/mol. The lowest BCUT2D eigenvalue weighted by molar-refractivity contribution is -0.157. The predicted octanol–water partition coefficient (Wildman–Crippen LogP) is 1.53. The minimum absolute atomic E-state index is 0.159. The highest BCUT2D eigenvalue weighted by Crippen LogP contribution is 2.22. The second-order valence-corrected chi connectivity index (χ2v) is 6.92.